The van der Waals surface area contributed by atoms with Crippen LogP contribution in [0.5, 0.6) is 5.75 Å². The molecular weight excluding hydrogens is 257 g/mol. The Labute approximate surface area is 119 Å². The van der Waals surface area contributed by atoms with Gasteiger partial charge >= 0.3 is 0 Å². The number of methoxy groups -OCH3 is 1. The molecule has 110 valence electrons. The lowest BCUT2D eigenvalue weighted by atomic mass is 9.81. The van der Waals surface area contributed by atoms with Crippen molar-refractivity contribution >= 4 is 0 Å². The Balaban J connectivity index is 1.67. The van der Waals surface area contributed by atoms with Crippen LogP contribution in [0.1, 0.15) is 43.8 Å². The fourth-order valence-corrected chi connectivity index (χ4v) is 3.33. The third kappa shape index (κ3) is 2.67. The fraction of sp³-hybridized carbons (Fsp3) is 0.625. The molecule has 0 radical (unpaired) electrons. The van der Waals surface area contributed by atoms with E-state index in [4.69, 9.17) is 9.47 Å². The molecule has 1 aliphatic heterocycles. The van der Waals surface area contributed by atoms with E-state index in [0.717, 1.165) is 18.7 Å². The Bertz CT molecular complexity index is 462. The molecule has 20 heavy (non-hydrogen) atoms. The largest absolute Gasteiger partial charge is 0.494 e. The highest BCUT2D eigenvalue weighted by atomic mass is 19.1. The highest BCUT2D eigenvalue weighted by molar-refractivity contribution is 5.31. The Morgan fingerprint density at radius 1 is 1.30 bits per heavy atom. The van der Waals surface area contributed by atoms with Gasteiger partial charge in [0.1, 0.15) is 0 Å². The Morgan fingerprint density at radius 3 is 2.70 bits per heavy atom. The monoisotopic (exact) mass is 279 g/mol. The molecule has 1 spiro atoms. The zero-order valence-corrected chi connectivity index (χ0v) is 12.0. The predicted octanol–water partition coefficient (Wildman–Crippen LogP) is 3.20. The molecule has 3 nitrogen and oxygen atoms in total. The maximum atomic E-state index is 13.8. The van der Waals surface area contributed by atoms with Crippen molar-refractivity contribution < 1.29 is 13.9 Å². The SMILES string of the molecule is COc1ccc(C2CNC3(CCCCC3)CO2)cc1F. The van der Waals surface area contributed by atoms with Crippen LogP contribution in [0.25, 0.3) is 0 Å². The summed E-state index contributed by atoms with van der Waals surface area (Å²) in [6.07, 6.45) is 6.20. The molecule has 1 saturated carbocycles. The molecule has 1 aromatic carbocycles. The van der Waals surface area contributed by atoms with E-state index in [1.165, 1.54) is 45.3 Å². The molecule has 0 bridgehead atoms. The first-order valence-electron chi connectivity index (χ1n) is 7.42. The van der Waals surface area contributed by atoms with Crippen molar-refractivity contribution in [1.29, 1.82) is 0 Å². The van der Waals surface area contributed by atoms with Crippen LogP contribution in [0.4, 0.5) is 4.39 Å². The zero-order chi connectivity index (χ0) is 14.0. The molecule has 3 rings (SSSR count). The van der Waals surface area contributed by atoms with E-state index >= 15 is 0 Å². The minimum Gasteiger partial charge on any atom is -0.494 e. The molecule has 1 aromatic rings. The van der Waals surface area contributed by atoms with Gasteiger partial charge in [-0.2, -0.15) is 0 Å². The van der Waals surface area contributed by atoms with Gasteiger partial charge in [-0.1, -0.05) is 25.3 Å². The van der Waals surface area contributed by atoms with Crippen molar-refractivity contribution in [2.45, 2.75) is 43.7 Å². The van der Waals surface area contributed by atoms with Gasteiger partial charge in [0, 0.05) is 12.1 Å². The number of hydrogen-bond donors (Lipinski definition) is 1. The van der Waals surface area contributed by atoms with Crippen molar-refractivity contribution in [3.8, 4) is 5.75 Å². The van der Waals surface area contributed by atoms with Crippen LogP contribution < -0.4 is 10.1 Å². The van der Waals surface area contributed by atoms with Gasteiger partial charge in [0.2, 0.25) is 0 Å². The van der Waals surface area contributed by atoms with E-state index in [9.17, 15) is 4.39 Å². The topological polar surface area (TPSA) is 30.5 Å². The first-order valence-corrected chi connectivity index (χ1v) is 7.42. The average molecular weight is 279 g/mol. The summed E-state index contributed by atoms with van der Waals surface area (Å²) in [7, 11) is 1.48. The van der Waals surface area contributed by atoms with Crippen LogP contribution in [0, 0.1) is 5.82 Å². The van der Waals surface area contributed by atoms with E-state index in [0.29, 0.717) is 0 Å². The summed E-state index contributed by atoms with van der Waals surface area (Å²) in [6.45, 7) is 1.48. The van der Waals surface area contributed by atoms with Gasteiger partial charge in [-0.3, -0.25) is 0 Å². The molecule has 0 aromatic heterocycles. The molecule has 0 amide bonds. The van der Waals surface area contributed by atoms with Crippen molar-refractivity contribution in [1.82, 2.24) is 5.32 Å². The smallest absolute Gasteiger partial charge is 0.165 e. The van der Waals surface area contributed by atoms with Gasteiger partial charge in [-0.05, 0) is 30.5 Å². The number of nitrogens with one attached hydrogen (secondary N) is 1. The van der Waals surface area contributed by atoms with Crippen LogP contribution >= 0.6 is 0 Å². The molecule has 1 N–H and O–H groups in total. The molecule has 4 heteroatoms. The van der Waals surface area contributed by atoms with Gasteiger partial charge in [0.05, 0.1) is 19.8 Å². The minimum atomic E-state index is -0.327. The second kappa shape index (κ2) is 5.70. The van der Waals surface area contributed by atoms with Gasteiger partial charge in [0.15, 0.2) is 11.6 Å². The second-order valence-electron chi connectivity index (χ2n) is 5.92. The first kappa shape index (κ1) is 13.8. The summed E-state index contributed by atoms with van der Waals surface area (Å²) in [5.74, 6) is -0.0483. The fourth-order valence-electron chi connectivity index (χ4n) is 3.33. The molecule has 1 unspecified atom stereocenters. The lowest BCUT2D eigenvalue weighted by Gasteiger charge is -2.43. The maximum Gasteiger partial charge on any atom is 0.165 e. The Kier molecular flexibility index (Phi) is 3.94. The summed E-state index contributed by atoms with van der Waals surface area (Å²) < 4.78 is 24.7. The number of morpholine rings is 1. The van der Waals surface area contributed by atoms with Crippen molar-refractivity contribution in [2.75, 3.05) is 20.3 Å². The summed E-state index contributed by atoms with van der Waals surface area (Å²) in [6, 6.07) is 5.07. The van der Waals surface area contributed by atoms with Crippen LogP contribution in [0.15, 0.2) is 18.2 Å². The van der Waals surface area contributed by atoms with E-state index in [1.54, 1.807) is 6.07 Å². The first-order chi connectivity index (χ1) is 9.72. The second-order valence-corrected chi connectivity index (χ2v) is 5.92. The summed E-state index contributed by atoms with van der Waals surface area (Å²) >= 11 is 0. The lowest BCUT2D eigenvalue weighted by molar-refractivity contribution is -0.0467. The summed E-state index contributed by atoms with van der Waals surface area (Å²) in [5.41, 5.74) is 1.04. The van der Waals surface area contributed by atoms with Crippen LogP contribution in [0.2, 0.25) is 0 Å². The third-order valence-corrected chi connectivity index (χ3v) is 4.58. The number of hydrogen-bond acceptors (Lipinski definition) is 3. The van der Waals surface area contributed by atoms with E-state index < -0.39 is 0 Å². The molecule has 1 saturated heterocycles. The minimum absolute atomic E-state index is 0.0667. The molecule has 2 aliphatic rings. The predicted molar refractivity (Wildman–Crippen MR) is 75.5 cm³/mol. The number of benzene rings is 1. The van der Waals surface area contributed by atoms with Gasteiger partial charge in [-0.25, -0.2) is 4.39 Å². The van der Waals surface area contributed by atoms with Crippen molar-refractivity contribution in [3.63, 3.8) is 0 Å². The third-order valence-electron chi connectivity index (χ3n) is 4.58. The van der Waals surface area contributed by atoms with Crippen molar-refractivity contribution in [3.05, 3.63) is 29.6 Å². The van der Waals surface area contributed by atoms with E-state index in [1.807, 2.05) is 6.07 Å². The normalized spacial score (nSPS) is 25.6. The standard InChI is InChI=1S/C16H22FNO2/c1-19-14-6-5-12(9-13(14)17)15-10-18-16(11-20-15)7-3-2-4-8-16/h5-6,9,15,18H,2-4,7-8,10-11H2,1H3. The Hall–Kier alpha value is -1.13. The zero-order valence-electron chi connectivity index (χ0n) is 12.0. The van der Waals surface area contributed by atoms with Crippen LogP contribution in [-0.4, -0.2) is 25.8 Å². The highest BCUT2D eigenvalue weighted by Gasteiger charge is 2.37. The van der Waals surface area contributed by atoms with Gasteiger partial charge in [0.25, 0.3) is 0 Å². The number of ether oxygens (including phenoxy) is 2. The average Bonchev–Trinajstić information content (AvgIpc) is 2.49. The highest BCUT2D eigenvalue weighted by Crippen LogP contribution is 2.34. The molecule has 1 heterocycles. The molecule has 1 atom stereocenters. The lowest BCUT2D eigenvalue weighted by Crippen LogP contribution is -2.55. The van der Waals surface area contributed by atoms with E-state index in [-0.39, 0.29) is 23.2 Å². The quantitative estimate of drug-likeness (QED) is 0.902. The molecular formula is C16H22FNO2. The van der Waals surface area contributed by atoms with Gasteiger partial charge in [-0.15, -0.1) is 0 Å². The van der Waals surface area contributed by atoms with Crippen LogP contribution in [0.3, 0.4) is 0 Å². The number of halogens is 1. The van der Waals surface area contributed by atoms with E-state index in [2.05, 4.69) is 5.32 Å². The van der Waals surface area contributed by atoms with Crippen molar-refractivity contribution in [2.24, 2.45) is 0 Å². The molecule has 2 fully saturated rings. The Morgan fingerprint density at radius 2 is 2.10 bits per heavy atom. The molecule has 1 aliphatic carbocycles. The maximum absolute atomic E-state index is 13.8. The summed E-state index contributed by atoms with van der Waals surface area (Å²) in [4.78, 5) is 0. The van der Waals surface area contributed by atoms with Crippen LogP contribution in [-0.2, 0) is 4.74 Å². The number of rotatable bonds is 2. The summed E-state index contributed by atoms with van der Waals surface area (Å²) in [5, 5.41) is 3.65. The van der Waals surface area contributed by atoms with Gasteiger partial charge < -0.3 is 14.8 Å².